The molecule has 0 saturated heterocycles. The molecule has 0 spiro atoms. The van der Waals surface area contributed by atoms with Crippen molar-refractivity contribution in [1.82, 2.24) is 10.2 Å². The summed E-state index contributed by atoms with van der Waals surface area (Å²) >= 11 is 1.46. The van der Waals surface area contributed by atoms with Crippen LogP contribution in [-0.2, 0) is 19.5 Å². The lowest BCUT2D eigenvalue weighted by Crippen LogP contribution is -2.35. The van der Waals surface area contributed by atoms with Crippen LogP contribution in [0.15, 0.2) is 60.0 Å². The first-order valence-electron chi connectivity index (χ1n) is 9.75. The van der Waals surface area contributed by atoms with Gasteiger partial charge in [0.2, 0.25) is 0 Å². The number of urea groups is 1. The SMILES string of the molecule is COc1ccc(CNC(=O)Nc2ccc3c(c2)CN(C(=O)c2cccs2)CC3)cc1. The van der Waals surface area contributed by atoms with Gasteiger partial charge in [0.05, 0.1) is 12.0 Å². The molecule has 0 atom stereocenters. The topological polar surface area (TPSA) is 70.7 Å². The van der Waals surface area contributed by atoms with Gasteiger partial charge < -0.3 is 20.3 Å². The van der Waals surface area contributed by atoms with Gasteiger partial charge in [-0.2, -0.15) is 0 Å². The summed E-state index contributed by atoms with van der Waals surface area (Å²) in [6.07, 6.45) is 0.816. The van der Waals surface area contributed by atoms with E-state index in [0.29, 0.717) is 25.3 Å². The standard InChI is InChI=1S/C23H23N3O3S/c1-29-20-8-4-16(5-9-20)14-24-23(28)25-19-7-6-17-10-11-26(15-18(17)13-19)22(27)21-3-2-12-30-21/h2-9,12-13H,10-11,14-15H2,1H3,(H2,24,25,28). The zero-order chi connectivity index (χ0) is 20.9. The molecular formula is C23H23N3O3S. The molecule has 2 aromatic carbocycles. The Morgan fingerprint density at radius 2 is 1.93 bits per heavy atom. The van der Waals surface area contributed by atoms with E-state index in [1.54, 1.807) is 7.11 Å². The summed E-state index contributed by atoms with van der Waals surface area (Å²) < 4.78 is 5.14. The van der Waals surface area contributed by atoms with Gasteiger partial charge in [-0.3, -0.25) is 4.79 Å². The molecule has 7 heteroatoms. The maximum atomic E-state index is 12.6. The highest BCUT2D eigenvalue weighted by Crippen LogP contribution is 2.25. The second-order valence-electron chi connectivity index (χ2n) is 7.09. The average molecular weight is 422 g/mol. The molecule has 1 aliphatic rings. The number of nitrogens with one attached hydrogen (secondary N) is 2. The number of anilines is 1. The number of hydrogen-bond acceptors (Lipinski definition) is 4. The second-order valence-corrected chi connectivity index (χ2v) is 8.04. The van der Waals surface area contributed by atoms with Crippen molar-refractivity contribution in [2.45, 2.75) is 19.5 Å². The number of ether oxygens (including phenoxy) is 1. The predicted molar refractivity (Wildman–Crippen MR) is 118 cm³/mol. The smallest absolute Gasteiger partial charge is 0.319 e. The molecule has 3 amide bonds. The number of benzene rings is 2. The van der Waals surface area contributed by atoms with E-state index >= 15 is 0 Å². The van der Waals surface area contributed by atoms with Gasteiger partial charge in [-0.15, -0.1) is 11.3 Å². The van der Waals surface area contributed by atoms with Crippen LogP contribution >= 0.6 is 11.3 Å². The number of nitrogens with zero attached hydrogens (tertiary/aromatic N) is 1. The van der Waals surface area contributed by atoms with E-state index in [1.165, 1.54) is 16.9 Å². The molecule has 0 radical (unpaired) electrons. The first-order chi connectivity index (χ1) is 14.6. The number of carbonyl (C=O) groups is 2. The Bertz CT molecular complexity index is 1030. The Kier molecular flexibility index (Phi) is 5.99. The highest BCUT2D eigenvalue weighted by Gasteiger charge is 2.22. The van der Waals surface area contributed by atoms with Gasteiger partial charge in [0.1, 0.15) is 5.75 Å². The molecule has 30 heavy (non-hydrogen) atoms. The fourth-order valence-electron chi connectivity index (χ4n) is 3.47. The first-order valence-corrected chi connectivity index (χ1v) is 10.6. The molecule has 0 saturated carbocycles. The molecule has 154 valence electrons. The Morgan fingerprint density at radius 3 is 2.67 bits per heavy atom. The molecular weight excluding hydrogens is 398 g/mol. The molecule has 0 fully saturated rings. The van der Waals surface area contributed by atoms with Gasteiger partial charge in [0.15, 0.2) is 0 Å². The van der Waals surface area contributed by atoms with Crippen molar-refractivity contribution in [3.63, 3.8) is 0 Å². The van der Waals surface area contributed by atoms with Gasteiger partial charge in [-0.1, -0.05) is 24.3 Å². The maximum Gasteiger partial charge on any atom is 0.319 e. The minimum atomic E-state index is -0.270. The minimum Gasteiger partial charge on any atom is -0.497 e. The Balaban J connectivity index is 1.36. The highest BCUT2D eigenvalue weighted by molar-refractivity contribution is 7.12. The van der Waals surface area contributed by atoms with E-state index in [4.69, 9.17) is 4.74 Å². The largest absolute Gasteiger partial charge is 0.497 e. The molecule has 4 rings (SSSR count). The zero-order valence-electron chi connectivity index (χ0n) is 16.7. The molecule has 0 aliphatic carbocycles. The van der Waals surface area contributed by atoms with Crippen molar-refractivity contribution < 1.29 is 14.3 Å². The van der Waals surface area contributed by atoms with Crippen LogP contribution in [0.5, 0.6) is 5.75 Å². The van der Waals surface area contributed by atoms with Crippen LogP contribution < -0.4 is 15.4 Å². The number of methoxy groups -OCH3 is 1. The average Bonchev–Trinajstić information content (AvgIpc) is 3.32. The Hall–Kier alpha value is -3.32. The van der Waals surface area contributed by atoms with E-state index in [9.17, 15) is 9.59 Å². The van der Waals surface area contributed by atoms with Crippen molar-refractivity contribution in [2.75, 3.05) is 19.0 Å². The van der Waals surface area contributed by atoms with Crippen molar-refractivity contribution in [1.29, 1.82) is 0 Å². The summed E-state index contributed by atoms with van der Waals surface area (Å²) in [5.74, 6) is 0.843. The summed E-state index contributed by atoms with van der Waals surface area (Å²) in [5, 5.41) is 7.65. The third-order valence-corrected chi connectivity index (χ3v) is 5.97. The lowest BCUT2D eigenvalue weighted by molar-refractivity contribution is 0.0739. The van der Waals surface area contributed by atoms with Crippen molar-refractivity contribution >= 4 is 29.0 Å². The van der Waals surface area contributed by atoms with Crippen LogP contribution in [0.2, 0.25) is 0 Å². The normalized spacial score (nSPS) is 12.8. The van der Waals surface area contributed by atoms with E-state index in [0.717, 1.165) is 28.2 Å². The van der Waals surface area contributed by atoms with Crippen molar-refractivity contribution in [3.05, 3.63) is 81.5 Å². The van der Waals surface area contributed by atoms with Crippen molar-refractivity contribution in [3.8, 4) is 5.75 Å². The molecule has 2 N–H and O–H groups in total. The fourth-order valence-corrected chi connectivity index (χ4v) is 4.16. The zero-order valence-corrected chi connectivity index (χ0v) is 17.5. The maximum absolute atomic E-state index is 12.6. The summed E-state index contributed by atoms with van der Waals surface area (Å²) in [4.78, 5) is 27.6. The summed E-state index contributed by atoms with van der Waals surface area (Å²) in [6, 6.07) is 16.9. The predicted octanol–water partition coefficient (Wildman–Crippen LogP) is 4.28. The molecule has 3 aromatic rings. The van der Waals surface area contributed by atoms with Gasteiger partial charge in [0, 0.05) is 25.3 Å². The first kappa shape index (κ1) is 20.0. The lowest BCUT2D eigenvalue weighted by atomic mass is 9.99. The summed E-state index contributed by atoms with van der Waals surface area (Å²) in [5.41, 5.74) is 3.99. The van der Waals surface area contributed by atoms with E-state index < -0.39 is 0 Å². The van der Waals surface area contributed by atoms with E-state index in [-0.39, 0.29) is 11.9 Å². The van der Waals surface area contributed by atoms with Crippen LogP contribution in [0, 0.1) is 0 Å². The third-order valence-electron chi connectivity index (χ3n) is 5.11. The quantitative estimate of drug-likeness (QED) is 0.646. The molecule has 2 heterocycles. The number of thiophene rings is 1. The van der Waals surface area contributed by atoms with Crippen LogP contribution in [0.4, 0.5) is 10.5 Å². The van der Waals surface area contributed by atoms with Crippen LogP contribution in [0.1, 0.15) is 26.4 Å². The Labute approximate surface area is 179 Å². The second kappa shape index (κ2) is 9.00. The van der Waals surface area contributed by atoms with Crippen LogP contribution in [0.3, 0.4) is 0 Å². The molecule has 0 bridgehead atoms. The number of amides is 3. The van der Waals surface area contributed by atoms with Gasteiger partial charge in [-0.05, 0) is 58.8 Å². The van der Waals surface area contributed by atoms with Gasteiger partial charge >= 0.3 is 6.03 Å². The molecule has 1 aliphatic heterocycles. The molecule has 1 aromatic heterocycles. The van der Waals surface area contributed by atoms with Crippen molar-refractivity contribution in [2.24, 2.45) is 0 Å². The number of hydrogen-bond donors (Lipinski definition) is 2. The number of carbonyl (C=O) groups excluding carboxylic acids is 2. The van der Waals surface area contributed by atoms with Gasteiger partial charge in [0.25, 0.3) is 5.91 Å². The fraction of sp³-hybridized carbons (Fsp3) is 0.217. The molecule has 0 unspecified atom stereocenters. The number of fused-ring (bicyclic) bond motifs is 1. The van der Waals surface area contributed by atoms with E-state index in [2.05, 4.69) is 10.6 Å². The summed E-state index contributed by atoms with van der Waals surface area (Å²) in [7, 11) is 1.62. The van der Waals surface area contributed by atoms with Crippen LogP contribution in [-0.4, -0.2) is 30.5 Å². The summed E-state index contributed by atoms with van der Waals surface area (Å²) in [6.45, 7) is 1.68. The van der Waals surface area contributed by atoms with E-state index in [1.807, 2.05) is 64.9 Å². The van der Waals surface area contributed by atoms with Gasteiger partial charge in [-0.25, -0.2) is 4.79 Å². The monoisotopic (exact) mass is 421 g/mol. The lowest BCUT2D eigenvalue weighted by Gasteiger charge is -2.29. The third kappa shape index (κ3) is 4.63. The van der Waals surface area contributed by atoms with Crippen LogP contribution in [0.25, 0.3) is 0 Å². The Morgan fingerprint density at radius 1 is 1.10 bits per heavy atom. The highest BCUT2D eigenvalue weighted by atomic mass is 32.1. The molecule has 6 nitrogen and oxygen atoms in total. The minimum absolute atomic E-state index is 0.0613. The number of rotatable bonds is 5.